The Kier molecular flexibility index (Phi) is 6.06. The summed E-state index contributed by atoms with van der Waals surface area (Å²) in [7, 11) is 0. The lowest BCUT2D eigenvalue weighted by Crippen LogP contribution is -1.98. The first-order chi connectivity index (χ1) is 22.8. The molecule has 0 atom stereocenters. The minimum absolute atomic E-state index is 0.660. The number of rotatable bonds is 5. The van der Waals surface area contributed by atoms with Gasteiger partial charge < -0.3 is 4.42 Å². The van der Waals surface area contributed by atoms with E-state index in [1.54, 1.807) is 0 Å². The monoisotopic (exact) mass is 590 g/mol. The average molecular weight is 591 g/mol. The first-order valence-corrected chi connectivity index (χ1v) is 15.3. The smallest absolute Gasteiger partial charge is 0.159 e. The van der Waals surface area contributed by atoms with Gasteiger partial charge in [-0.1, -0.05) is 109 Å². The van der Waals surface area contributed by atoms with Gasteiger partial charge in [0.15, 0.2) is 5.82 Å². The molecule has 6 aromatic carbocycles. The topological polar surface area (TPSA) is 56.7 Å². The van der Waals surface area contributed by atoms with Gasteiger partial charge >= 0.3 is 0 Å². The van der Waals surface area contributed by atoms with E-state index in [0.717, 1.165) is 72.3 Å². The minimum atomic E-state index is 0.660. The van der Waals surface area contributed by atoms with Gasteiger partial charge in [-0.15, -0.1) is 0 Å². The van der Waals surface area contributed by atoms with Crippen molar-refractivity contribution >= 4 is 33.0 Å². The molecular formula is C41H26N4O. The Morgan fingerprint density at radius 2 is 1.20 bits per heavy atom. The van der Waals surface area contributed by atoms with Crippen LogP contribution in [0.1, 0.15) is 0 Å². The number of benzene rings is 6. The lowest BCUT2D eigenvalue weighted by Gasteiger charge is -2.09. The number of para-hydroxylation sites is 4. The van der Waals surface area contributed by atoms with Crippen molar-refractivity contribution in [1.29, 1.82) is 0 Å². The molecule has 0 N–H and O–H groups in total. The fraction of sp³-hybridized carbons (Fsp3) is 0. The largest absolute Gasteiger partial charge is 0.455 e. The Morgan fingerprint density at radius 3 is 2.00 bits per heavy atom. The standard InChI is InChI=1S/C41H26N4O/c1-3-10-27(11-4-1)30-22-23-34-35-15-9-14-33(39(35)46-38(34)24-30)28-18-20-29(21-19-28)40-42-25-31(26-43-40)41-44-36-16-7-8-17-37(36)45(41)32-12-5-2-6-13-32/h1-26H. The molecule has 5 nitrogen and oxygen atoms in total. The molecule has 0 saturated heterocycles. The van der Waals surface area contributed by atoms with Gasteiger partial charge in [-0.2, -0.15) is 0 Å². The van der Waals surface area contributed by atoms with Gasteiger partial charge in [-0.3, -0.25) is 4.57 Å². The third kappa shape index (κ3) is 4.37. The molecule has 0 saturated carbocycles. The van der Waals surface area contributed by atoms with Gasteiger partial charge in [0, 0.05) is 40.0 Å². The second kappa shape index (κ2) is 10.7. The van der Waals surface area contributed by atoms with E-state index in [9.17, 15) is 0 Å². The number of aromatic nitrogens is 4. The number of hydrogen-bond acceptors (Lipinski definition) is 4. The zero-order valence-corrected chi connectivity index (χ0v) is 24.7. The van der Waals surface area contributed by atoms with Gasteiger partial charge in [0.2, 0.25) is 0 Å². The average Bonchev–Trinajstić information content (AvgIpc) is 3.71. The summed E-state index contributed by atoms with van der Waals surface area (Å²) in [5.41, 5.74) is 11.0. The Morgan fingerprint density at radius 1 is 0.500 bits per heavy atom. The van der Waals surface area contributed by atoms with Crippen molar-refractivity contribution in [2.24, 2.45) is 0 Å². The molecule has 9 rings (SSSR count). The SMILES string of the molecule is c1ccc(-c2ccc3c(c2)oc2c(-c4ccc(-c5ncc(-c6nc7ccccc7n6-c6ccccc6)cn5)cc4)cccc23)cc1. The van der Waals surface area contributed by atoms with Crippen LogP contribution in [0.15, 0.2) is 162 Å². The molecule has 0 fully saturated rings. The Bertz CT molecular complexity index is 2500. The van der Waals surface area contributed by atoms with Crippen LogP contribution in [0.3, 0.4) is 0 Å². The van der Waals surface area contributed by atoms with Crippen LogP contribution in [0.2, 0.25) is 0 Å². The number of fused-ring (bicyclic) bond motifs is 4. The van der Waals surface area contributed by atoms with Crippen LogP contribution in [-0.2, 0) is 0 Å². The highest BCUT2D eigenvalue weighted by Crippen LogP contribution is 2.38. The fourth-order valence-electron chi connectivity index (χ4n) is 6.29. The maximum atomic E-state index is 6.50. The molecule has 0 amide bonds. The van der Waals surface area contributed by atoms with Gasteiger partial charge in [0.05, 0.1) is 16.6 Å². The van der Waals surface area contributed by atoms with Crippen LogP contribution < -0.4 is 0 Å². The summed E-state index contributed by atoms with van der Waals surface area (Å²) in [5, 5.41) is 2.22. The summed E-state index contributed by atoms with van der Waals surface area (Å²) in [6.45, 7) is 0. The minimum Gasteiger partial charge on any atom is -0.455 e. The number of imidazole rings is 1. The lowest BCUT2D eigenvalue weighted by molar-refractivity contribution is 0.670. The molecule has 0 radical (unpaired) electrons. The van der Waals surface area contributed by atoms with Crippen LogP contribution in [0.5, 0.6) is 0 Å². The second-order valence-electron chi connectivity index (χ2n) is 11.3. The molecular weight excluding hydrogens is 564 g/mol. The van der Waals surface area contributed by atoms with Crippen molar-refractivity contribution in [2.45, 2.75) is 0 Å². The summed E-state index contributed by atoms with van der Waals surface area (Å²) in [5.74, 6) is 1.47. The van der Waals surface area contributed by atoms with E-state index in [1.807, 2.05) is 54.9 Å². The van der Waals surface area contributed by atoms with Crippen molar-refractivity contribution < 1.29 is 4.42 Å². The molecule has 3 aromatic heterocycles. The van der Waals surface area contributed by atoms with E-state index >= 15 is 0 Å². The molecule has 216 valence electrons. The number of hydrogen-bond donors (Lipinski definition) is 0. The molecule has 0 aliphatic carbocycles. The summed E-state index contributed by atoms with van der Waals surface area (Å²) in [4.78, 5) is 14.5. The quantitative estimate of drug-likeness (QED) is 0.200. The Balaban J connectivity index is 1.05. The summed E-state index contributed by atoms with van der Waals surface area (Å²) in [6, 6.07) is 50.0. The lowest BCUT2D eigenvalue weighted by atomic mass is 10.00. The van der Waals surface area contributed by atoms with Crippen molar-refractivity contribution in [1.82, 2.24) is 19.5 Å². The van der Waals surface area contributed by atoms with Crippen molar-refractivity contribution in [2.75, 3.05) is 0 Å². The second-order valence-corrected chi connectivity index (χ2v) is 11.3. The van der Waals surface area contributed by atoms with Gasteiger partial charge in [0.25, 0.3) is 0 Å². The Hall–Kier alpha value is -6.33. The first-order valence-electron chi connectivity index (χ1n) is 15.3. The highest BCUT2D eigenvalue weighted by atomic mass is 16.3. The molecule has 5 heteroatoms. The van der Waals surface area contributed by atoms with Crippen molar-refractivity contribution in [3.63, 3.8) is 0 Å². The maximum Gasteiger partial charge on any atom is 0.159 e. The normalized spacial score (nSPS) is 11.5. The van der Waals surface area contributed by atoms with E-state index in [1.165, 1.54) is 5.56 Å². The van der Waals surface area contributed by atoms with E-state index in [0.29, 0.717) is 5.82 Å². The summed E-state index contributed by atoms with van der Waals surface area (Å²) >= 11 is 0. The molecule has 0 spiro atoms. The molecule has 0 aliphatic heterocycles. The van der Waals surface area contributed by atoms with E-state index < -0.39 is 0 Å². The van der Waals surface area contributed by atoms with Gasteiger partial charge in [-0.25, -0.2) is 15.0 Å². The van der Waals surface area contributed by atoms with Crippen LogP contribution in [-0.4, -0.2) is 19.5 Å². The zero-order chi connectivity index (χ0) is 30.5. The van der Waals surface area contributed by atoms with Gasteiger partial charge in [0.1, 0.15) is 17.0 Å². The molecule has 0 aliphatic rings. The molecule has 3 heterocycles. The number of nitrogens with zero attached hydrogens (tertiary/aromatic N) is 4. The summed E-state index contributed by atoms with van der Waals surface area (Å²) in [6.07, 6.45) is 3.71. The molecule has 9 aromatic rings. The highest BCUT2D eigenvalue weighted by Gasteiger charge is 2.16. The van der Waals surface area contributed by atoms with Crippen LogP contribution in [0.4, 0.5) is 0 Å². The summed E-state index contributed by atoms with van der Waals surface area (Å²) < 4.78 is 8.66. The predicted molar refractivity (Wildman–Crippen MR) is 186 cm³/mol. The zero-order valence-electron chi connectivity index (χ0n) is 24.7. The van der Waals surface area contributed by atoms with E-state index in [4.69, 9.17) is 19.4 Å². The third-order valence-electron chi connectivity index (χ3n) is 8.55. The molecule has 46 heavy (non-hydrogen) atoms. The van der Waals surface area contributed by atoms with Gasteiger partial charge in [-0.05, 0) is 53.1 Å². The third-order valence-corrected chi connectivity index (χ3v) is 8.55. The van der Waals surface area contributed by atoms with Crippen LogP contribution in [0.25, 0.3) is 83.7 Å². The Labute approximate surface area is 265 Å². The number of furan rings is 1. The molecule has 0 bridgehead atoms. The van der Waals surface area contributed by atoms with Crippen molar-refractivity contribution in [3.05, 3.63) is 158 Å². The fourth-order valence-corrected chi connectivity index (χ4v) is 6.29. The maximum absolute atomic E-state index is 6.50. The van der Waals surface area contributed by atoms with E-state index in [2.05, 4.69) is 108 Å². The highest BCUT2D eigenvalue weighted by molar-refractivity contribution is 6.10. The predicted octanol–water partition coefficient (Wildman–Crippen LogP) is 10.4. The van der Waals surface area contributed by atoms with E-state index in [-0.39, 0.29) is 0 Å². The van der Waals surface area contributed by atoms with Crippen molar-refractivity contribution in [3.8, 4) is 50.7 Å². The van der Waals surface area contributed by atoms with Crippen LogP contribution in [0, 0.1) is 0 Å². The first kappa shape index (κ1) is 26.1. The van der Waals surface area contributed by atoms with Crippen LogP contribution >= 0.6 is 0 Å². The molecule has 0 unspecified atom stereocenters.